The number of nitrogens with two attached hydrogens (primary N) is 1. The molecule has 3 unspecified atom stereocenters. The van der Waals surface area contributed by atoms with Crippen LogP contribution in [-0.2, 0) is 18.4 Å². The molecule has 0 aliphatic carbocycles. The van der Waals surface area contributed by atoms with Crippen LogP contribution in [0.3, 0.4) is 0 Å². The third-order valence-corrected chi connectivity index (χ3v) is 10.7. The van der Waals surface area contributed by atoms with Gasteiger partial charge in [0.05, 0.1) is 25.4 Å². The molecule has 0 aromatic carbocycles. The molecule has 0 spiro atoms. The highest BCUT2D eigenvalue weighted by Gasteiger charge is 2.27. The summed E-state index contributed by atoms with van der Waals surface area (Å²) < 4.78 is 22.1. The van der Waals surface area contributed by atoms with E-state index in [1.54, 1.807) is 0 Å². The predicted molar refractivity (Wildman–Crippen MR) is 208 cm³/mol. The summed E-state index contributed by atoms with van der Waals surface area (Å²) in [5.74, 6) is -0.158. The Morgan fingerprint density at radius 1 is 0.592 bits per heavy atom. The van der Waals surface area contributed by atoms with Crippen LogP contribution >= 0.6 is 7.82 Å². The predicted octanol–water partition coefficient (Wildman–Crippen LogP) is 11.4. The molecule has 0 aromatic heterocycles. The monoisotopic (exact) mass is 719 g/mol. The van der Waals surface area contributed by atoms with Crippen molar-refractivity contribution in [1.29, 1.82) is 0 Å². The second-order valence-electron chi connectivity index (χ2n) is 14.6. The molecular formula is C40H83N2O6P. The van der Waals surface area contributed by atoms with Crippen molar-refractivity contribution in [2.45, 2.75) is 231 Å². The highest BCUT2D eigenvalue weighted by atomic mass is 31.2. The van der Waals surface area contributed by atoms with E-state index in [0.717, 1.165) is 38.5 Å². The van der Waals surface area contributed by atoms with Gasteiger partial charge in [-0.3, -0.25) is 13.8 Å². The third-order valence-electron chi connectivity index (χ3n) is 9.71. The number of hydrogen-bond acceptors (Lipinski definition) is 6. The maximum absolute atomic E-state index is 12.7. The van der Waals surface area contributed by atoms with Crippen LogP contribution in [0.1, 0.15) is 219 Å². The Morgan fingerprint density at radius 3 is 1.31 bits per heavy atom. The number of carbonyl (C=O) groups is 1. The molecule has 0 aliphatic heterocycles. The molecule has 9 heteroatoms. The van der Waals surface area contributed by atoms with Gasteiger partial charge in [0.25, 0.3) is 0 Å². The number of hydrogen-bond donors (Lipinski definition) is 4. The van der Waals surface area contributed by atoms with Crippen LogP contribution in [0.15, 0.2) is 0 Å². The lowest BCUT2D eigenvalue weighted by atomic mass is 10.0. The molecule has 0 rings (SSSR count). The van der Waals surface area contributed by atoms with Crippen molar-refractivity contribution in [3.05, 3.63) is 0 Å². The average Bonchev–Trinajstić information content (AvgIpc) is 3.09. The quantitative estimate of drug-likeness (QED) is 0.0366. The van der Waals surface area contributed by atoms with Gasteiger partial charge in [-0.15, -0.1) is 0 Å². The summed E-state index contributed by atoms with van der Waals surface area (Å²) in [6.45, 7) is 4.23. The molecule has 0 heterocycles. The van der Waals surface area contributed by atoms with E-state index in [4.69, 9.17) is 14.8 Å². The minimum absolute atomic E-state index is 0.0924. The lowest BCUT2D eigenvalue weighted by Gasteiger charge is -2.25. The van der Waals surface area contributed by atoms with Crippen molar-refractivity contribution in [1.82, 2.24) is 5.32 Å². The van der Waals surface area contributed by atoms with Gasteiger partial charge in [0.2, 0.25) is 5.91 Å². The van der Waals surface area contributed by atoms with Crippen LogP contribution in [-0.4, -0.2) is 47.8 Å². The van der Waals surface area contributed by atoms with Crippen molar-refractivity contribution in [3.8, 4) is 0 Å². The number of rotatable bonds is 40. The van der Waals surface area contributed by atoms with Crippen LogP contribution in [0.5, 0.6) is 0 Å². The smallest absolute Gasteiger partial charge is 0.391 e. The van der Waals surface area contributed by atoms with Gasteiger partial charge in [-0.05, 0) is 12.8 Å². The number of nitrogens with one attached hydrogen (secondary N) is 1. The van der Waals surface area contributed by atoms with Gasteiger partial charge in [-0.2, -0.15) is 0 Å². The summed E-state index contributed by atoms with van der Waals surface area (Å²) in [4.78, 5) is 22.7. The molecule has 5 N–H and O–H groups in total. The van der Waals surface area contributed by atoms with Crippen molar-refractivity contribution in [2.24, 2.45) is 5.73 Å². The van der Waals surface area contributed by atoms with Gasteiger partial charge >= 0.3 is 7.82 Å². The molecule has 0 saturated carbocycles. The van der Waals surface area contributed by atoms with Gasteiger partial charge in [0.1, 0.15) is 0 Å². The molecule has 0 aromatic rings. The van der Waals surface area contributed by atoms with Crippen LogP contribution in [0.2, 0.25) is 0 Å². The zero-order chi connectivity index (χ0) is 36.1. The van der Waals surface area contributed by atoms with E-state index >= 15 is 0 Å². The number of aliphatic hydroxyl groups is 1. The summed E-state index contributed by atoms with van der Waals surface area (Å²) in [5.41, 5.74) is 5.37. The molecule has 3 atom stereocenters. The topological polar surface area (TPSA) is 131 Å². The lowest BCUT2D eigenvalue weighted by molar-refractivity contribution is -0.123. The minimum atomic E-state index is -4.30. The minimum Gasteiger partial charge on any atom is -0.391 e. The molecule has 8 nitrogen and oxygen atoms in total. The summed E-state index contributed by atoms with van der Waals surface area (Å²) in [6, 6.07) is -0.766. The van der Waals surface area contributed by atoms with E-state index in [2.05, 4.69) is 19.2 Å². The number of aliphatic hydroxyl groups excluding tert-OH is 1. The Labute approximate surface area is 303 Å². The van der Waals surface area contributed by atoms with Crippen molar-refractivity contribution in [2.75, 3.05) is 19.8 Å². The Balaban J connectivity index is 4.13. The molecule has 1 amide bonds. The Hall–Kier alpha value is -0.500. The lowest BCUT2D eigenvalue weighted by Crippen LogP contribution is -2.46. The largest absolute Gasteiger partial charge is 0.472 e. The summed E-state index contributed by atoms with van der Waals surface area (Å²) in [6.07, 6.45) is 38.2. The number of phosphoric acid groups is 1. The first-order valence-electron chi connectivity index (χ1n) is 21.2. The fourth-order valence-electron chi connectivity index (χ4n) is 6.49. The molecule has 0 fully saturated rings. The van der Waals surface area contributed by atoms with E-state index in [9.17, 15) is 19.4 Å². The molecular weight excluding hydrogens is 635 g/mol. The first-order chi connectivity index (χ1) is 23.9. The van der Waals surface area contributed by atoms with Crippen LogP contribution < -0.4 is 11.1 Å². The van der Waals surface area contributed by atoms with Gasteiger partial charge < -0.3 is 21.1 Å². The first kappa shape index (κ1) is 48.5. The standard InChI is InChI=1S/C40H83N2O6P/c1-3-5-7-9-11-13-15-17-18-19-20-22-24-26-28-30-32-34-40(44)42-38(37-48-49(45,46)47-36-35-41)39(43)33-31-29-27-25-23-21-16-14-12-10-8-6-4-2/h38-39,43H,3-37,41H2,1-2H3,(H,42,44)(H,45,46). The van der Waals surface area contributed by atoms with Gasteiger partial charge in [-0.1, -0.05) is 200 Å². The Bertz CT molecular complexity index is 744. The fraction of sp³-hybridized carbons (Fsp3) is 0.975. The van der Waals surface area contributed by atoms with Crippen molar-refractivity contribution < 1.29 is 28.4 Å². The summed E-state index contributed by atoms with van der Waals surface area (Å²) in [7, 11) is -4.30. The highest BCUT2D eigenvalue weighted by molar-refractivity contribution is 7.47. The maximum atomic E-state index is 12.7. The van der Waals surface area contributed by atoms with E-state index in [1.165, 1.54) is 154 Å². The van der Waals surface area contributed by atoms with E-state index in [1.807, 2.05) is 0 Å². The second kappa shape index (κ2) is 37.3. The average molecular weight is 719 g/mol. The molecule has 294 valence electrons. The number of unbranched alkanes of at least 4 members (excludes halogenated alkanes) is 28. The van der Waals surface area contributed by atoms with Crippen LogP contribution in [0.25, 0.3) is 0 Å². The Morgan fingerprint density at radius 2 is 0.939 bits per heavy atom. The fourth-order valence-corrected chi connectivity index (χ4v) is 7.25. The van der Waals surface area contributed by atoms with Crippen LogP contribution in [0, 0.1) is 0 Å². The summed E-state index contributed by atoms with van der Waals surface area (Å²) >= 11 is 0. The molecule has 0 aliphatic rings. The zero-order valence-electron chi connectivity index (χ0n) is 32.5. The first-order valence-corrected chi connectivity index (χ1v) is 22.6. The number of amides is 1. The summed E-state index contributed by atoms with van der Waals surface area (Å²) in [5, 5.41) is 13.8. The van der Waals surface area contributed by atoms with E-state index in [0.29, 0.717) is 12.8 Å². The van der Waals surface area contributed by atoms with E-state index in [-0.39, 0.29) is 25.7 Å². The van der Waals surface area contributed by atoms with E-state index < -0.39 is 20.0 Å². The number of phosphoric ester groups is 1. The normalized spacial score (nSPS) is 14.1. The molecule has 0 saturated heterocycles. The van der Waals surface area contributed by atoms with Gasteiger partial charge in [0.15, 0.2) is 0 Å². The number of carbonyl (C=O) groups excluding carboxylic acids is 1. The third kappa shape index (κ3) is 35.7. The van der Waals surface area contributed by atoms with Crippen LogP contribution in [0.4, 0.5) is 0 Å². The molecule has 49 heavy (non-hydrogen) atoms. The molecule has 0 bridgehead atoms. The van der Waals surface area contributed by atoms with Gasteiger partial charge in [0, 0.05) is 13.0 Å². The van der Waals surface area contributed by atoms with Gasteiger partial charge in [-0.25, -0.2) is 4.57 Å². The highest BCUT2D eigenvalue weighted by Crippen LogP contribution is 2.43. The maximum Gasteiger partial charge on any atom is 0.472 e. The zero-order valence-corrected chi connectivity index (χ0v) is 33.3. The second-order valence-corrected chi connectivity index (χ2v) is 16.0. The Kier molecular flexibility index (Phi) is 36.9. The van der Waals surface area contributed by atoms with Crippen molar-refractivity contribution in [3.63, 3.8) is 0 Å². The SMILES string of the molecule is CCCCCCCCCCCCCCCCCCCC(=O)NC(COP(=O)(O)OCCN)C(O)CCCCCCCCCCCCCCC. The molecule has 0 radical (unpaired) electrons. The van der Waals surface area contributed by atoms with Crippen molar-refractivity contribution >= 4 is 13.7 Å².